The molecule has 0 amide bonds. The number of aryl methyl sites for hydroxylation is 1. The normalized spacial score (nSPS) is 20.4. The van der Waals surface area contributed by atoms with Crippen LogP contribution in [-0.2, 0) is 40.7 Å². The van der Waals surface area contributed by atoms with E-state index in [4.69, 9.17) is 5.14 Å². The first kappa shape index (κ1) is 26.9. The van der Waals surface area contributed by atoms with Gasteiger partial charge in [0.15, 0.2) is 5.78 Å². The first-order valence-corrected chi connectivity index (χ1v) is 12.7. The number of halogens is 3. The van der Waals surface area contributed by atoms with E-state index in [9.17, 15) is 31.5 Å². The second-order valence-electron chi connectivity index (χ2n) is 9.07. The smallest absolute Gasteiger partial charge is 0.393 e. The Kier molecular flexibility index (Phi) is 7.50. The summed E-state index contributed by atoms with van der Waals surface area (Å²) in [6.45, 7) is -0.197. The number of aromatic nitrogens is 5. The highest BCUT2D eigenvalue weighted by Gasteiger charge is 2.36. The summed E-state index contributed by atoms with van der Waals surface area (Å²) in [7, 11) is -2.90. The van der Waals surface area contributed by atoms with Gasteiger partial charge in [-0.1, -0.05) is 0 Å². The van der Waals surface area contributed by atoms with Crippen LogP contribution in [0, 0.1) is 11.8 Å². The van der Waals surface area contributed by atoms with Crippen molar-refractivity contribution in [2.45, 2.75) is 38.1 Å². The third kappa shape index (κ3) is 6.60. The minimum absolute atomic E-state index is 0.0390. The number of aliphatic hydroxyl groups excluding tert-OH is 1. The molecule has 0 saturated heterocycles. The Morgan fingerprint density at radius 3 is 2.76 bits per heavy atom. The van der Waals surface area contributed by atoms with E-state index in [1.807, 2.05) is 0 Å². The van der Waals surface area contributed by atoms with Crippen LogP contribution in [0.4, 0.5) is 13.2 Å². The van der Waals surface area contributed by atoms with E-state index in [2.05, 4.69) is 19.2 Å². The molecular formula is C22H25F3N6O5S. The van der Waals surface area contributed by atoms with Crippen molar-refractivity contribution in [2.75, 3.05) is 6.61 Å². The lowest BCUT2D eigenvalue weighted by Gasteiger charge is -2.13. The van der Waals surface area contributed by atoms with Crippen LogP contribution < -0.4 is 5.14 Å². The standard InChI is InChI=1S/C22H25F3N6O5S/c1-30-20(22(23,24)25)7-16(29-30)10-31-3-2-14(9-31)21(33)17-8-27-12-28-18(17)5-13-4-15(19(32)6-13)11-36-37(26,34)35/h2-3,7-9,12-13,15,19,32H,4-6,10-11H2,1H3,(H2,26,34,35)/t13-,15+,19-/m0/s1. The quantitative estimate of drug-likeness (QED) is 0.385. The molecule has 0 radical (unpaired) electrons. The molecule has 11 nitrogen and oxygen atoms in total. The van der Waals surface area contributed by atoms with Crippen LogP contribution >= 0.6 is 0 Å². The number of aliphatic hydroxyl groups is 1. The molecule has 0 unspecified atom stereocenters. The minimum atomic E-state index is -4.52. The van der Waals surface area contributed by atoms with E-state index in [0.29, 0.717) is 30.5 Å². The molecule has 4 rings (SSSR count). The maximum Gasteiger partial charge on any atom is 0.433 e. The van der Waals surface area contributed by atoms with Crippen LogP contribution in [0.15, 0.2) is 37.1 Å². The first-order chi connectivity index (χ1) is 17.3. The van der Waals surface area contributed by atoms with Crippen LogP contribution in [0.2, 0.25) is 0 Å². The lowest BCUT2D eigenvalue weighted by Crippen LogP contribution is -2.24. The van der Waals surface area contributed by atoms with Gasteiger partial charge < -0.3 is 9.67 Å². The molecule has 37 heavy (non-hydrogen) atoms. The molecule has 1 aliphatic rings. The fourth-order valence-corrected chi connectivity index (χ4v) is 4.97. The van der Waals surface area contributed by atoms with Crippen molar-refractivity contribution in [3.8, 4) is 0 Å². The highest BCUT2D eigenvalue weighted by Crippen LogP contribution is 2.34. The van der Waals surface area contributed by atoms with Crippen LogP contribution in [0.3, 0.4) is 0 Å². The topological polar surface area (TPSA) is 155 Å². The molecular weight excluding hydrogens is 517 g/mol. The van der Waals surface area contributed by atoms with Crippen LogP contribution in [-0.4, -0.2) is 56.3 Å². The minimum Gasteiger partial charge on any atom is -0.393 e. The highest BCUT2D eigenvalue weighted by atomic mass is 32.2. The summed E-state index contributed by atoms with van der Waals surface area (Å²) >= 11 is 0. The van der Waals surface area contributed by atoms with E-state index in [1.165, 1.54) is 25.8 Å². The molecule has 1 aliphatic carbocycles. The SMILES string of the molecule is Cn1nc(Cn2ccc(C(=O)c3cncnc3C[C@@H]3C[C@H](COS(N)(=O)=O)[C@@H](O)C3)c2)cc1C(F)(F)F. The predicted octanol–water partition coefficient (Wildman–Crippen LogP) is 1.46. The zero-order valence-corrected chi connectivity index (χ0v) is 20.5. The maximum atomic E-state index is 13.2. The molecule has 3 atom stereocenters. The largest absolute Gasteiger partial charge is 0.433 e. The van der Waals surface area contributed by atoms with E-state index in [0.717, 1.165) is 10.7 Å². The zero-order valence-electron chi connectivity index (χ0n) is 19.7. The zero-order chi connectivity index (χ0) is 27.0. The summed E-state index contributed by atoms with van der Waals surface area (Å²) < 4.78 is 68.2. The van der Waals surface area contributed by atoms with Crippen LogP contribution in [0.25, 0.3) is 0 Å². The van der Waals surface area contributed by atoms with Crippen molar-refractivity contribution >= 4 is 16.1 Å². The first-order valence-electron chi connectivity index (χ1n) is 11.2. The van der Waals surface area contributed by atoms with Gasteiger partial charge in [-0.05, 0) is 37.3 Å². The number of hydrogen-bond donors (Lipinski definition) is 2. The van der Waals surface area contributed by atoms with Crippen molar-refractivity contribution in [3.05, 3.63) is 65.3 Å². The molecule has 15 heteroatoms. The van der Waals surface area contributed by atoms with Gasteiger partial charge in [0.25, 0.3) is 0 Å². The van der Waals surface area contributed by atoms with Gasteiger partial charge in [0.05, 0.1) is 36.2 Å². The average Bonchev–Trinajstić information content (AvgIpc) is 3.50. The van der Waals surface area contributed by atoms with Gasteiger partial charge in [-0.25, -0.2) is 15.1 Å². The lowest BCUT2D eigenvalue weighted by atomic mass is 9.95. The van der Waals surface area contributed by atoms with Crippen LogP contribution in [0.5, 0.6) is 0 Å². The molecule has 0 spiro atoms. The number of alkyl halides is 3. The van der Waals surface area contributed by atoms with Crippen molar-refractivity contribution in [1.29, 1.82) is 0 Å². The molecule has 0 bridgehead atoms. The molecule has 0 aromatic carbocycles. The molecule has 3 aromatic heterocycles. The Morgan fingerprint density at radius 2 is 2.08 bits per heavy atom. The second kappa shape index (κ2) is 10.3. The number of nitrogens with two attached hydrogens (primary N) is 1. The van der Waals surface area contributed by atoms with Gasteiger partial charge in [-0.3, -0.25) is 13.7 Å². The summed E-state index contributed by atoms with van der Waals surface area (Å²) in [6.07, 6.45) is 1.65. The number of carbonyl (C=O) groups excluding carboxylic acids is 1. The van der Waals surface area contributed by atoms with E-state index in [-0.39, 0.29) is 36.1 Å². The third-order valence-corrected chi connectivity index (χ3v) is 6.77. The van der Waals surface area contributed by atoms with Gasteiger partial charge in [0.1, 0.15) is 12.0 Å². The Bertz CT molecular complexity index is 1390. The molecule has 1 fully saturated rings. The van der Waals surface area contributed by atoms with Gasteiger partial charge >= 0.3 is 16.5 Å². The molecule has 3 N–H and O–H groups in total. The Labute approximate surface area is 210 Å². The lowest BCUT2D eigenvalue weighted by molar-refractivity contribution is -0.143. The summed E-state index contributed by atoms with van der Waals surface area (Å²) in [5, 5.41) is 19.0. The maximum absolute atomic E-state index is 13.2. The van der Waals surface area contributed by atoms with Crippen molar-refractivity contribution in [2.24, 2.45) is 24.0 Å². The van der Waals surface area contributed by atoms with Gasteiger partial charge in [0.2, 0.25) is 0 Å². The molecule has 0 aliphatic heterocycles. The van der Waals surface area contributed by atoms with Crippen molar-refractivity contribution < 1.29 is 35.7 Å². The van der Waals surface area contributed by atoms with Gasteiger partial charge in [-0.2, -0.15) is 26.7 Å². The molecule has 200 valence electrons. The predicted molar refractivity (Wildman–Crippen MR) is 122 cm³/mol. The number of nitrogens with zero attached hydrogens (tertiary/aromatic N) is 5. The van der Waals surface area contributed by atoms with Gasteiger partial charge in [-0.15, -0.1) is 0 Å². The van der Waals surface area contributed by atoms with E-state index in [1.54, 1.807) is 16.8 Å². The number of carbonyl (C=O) groups is 1. The Balaban J connectivity index is 1.45. The summed E-state index contributed by atoms with van der Waals surface area (Å²) in [5.74, 6) is -0.871. The van der Waals surface area contributed by atoms with Crippen LogP contribution in [0.1, 0.15) is 45.8 Å². The fraction of sp³-hybridized carbons (Fsp3) is 0.455. The van der Waals surface area contributed by atoms with E-state index >= 15 is 0 Å². The number of rotatable bonds is 9. The number of ketones is 1. The molecule has 1 saturated carbocycles. The van der Waals surface area contributed by atoms with Crippen molar-refractivity contribution in [3.63, 3.8) is 0 Å². The fourth-order valence-electron chi connectivity index (χ4n) is 4.61. The molecule has 3 heterocycles. The molecule has 3 aromatic rings. The Morgan fingerprint density at radius 1 is 1.32 bits per heavy atom. The summed E-state index contributed by atoms with van der Waals surface area (Å²) in [4.78, 5) is 21.4. The Hall–Kier alpha value is -3.14. The number of hydrogen-bond acceptors (Lipinski definition) is 8. The summed E-state index contributed by atoms with van der Waals surface area (Å²) in [6, 6.07) is 2.51. The van der Waals surface area contributed by atoms with Crippen molar-refractivity contribution in [1.82, 2.24) is 24.3 Å². The average molecular weight is 543 g/mol. The summed E-state index contributed by atoms with van der Waals surface area (Å²) in [5.41, 5.74) is 0.351. The third-order valence-electron chi connectivity index (χ3n) is 6.30. The van der Waals surface area contributed by atoms with Gasteiger partial charge in [0, 0.05) is 37.1 Å². The monoisotopic (exact) mass is 542 g/mol. The highest BCUT2D eigenvalue weighted by molar-refractivity contribution is 7.84. The second-order valence-corrected chi connectivity index (χ2v) is 10.3. The van der Waals surface area contributed by atoms with E-state index < -0.39 is 34.2 Å².